The molecule has 0 radical (unpaired) electrons. The zero-order valence-corrected chi connectivity index (χ0v) is 8.56. The van der Waals surface area contributed by atoms with Gasteiger partial charge in [0.25, 0.3) is 0 Å². The molecule has 0 aromatic heterocycles. The van der Waals surface area contributed by atoms with Crippen molar-refractivity contribution >= 4 is 11.6 Å². The molecular formula is C12H13Cl. The van der Waals surface area contributed by atoms with Crippen LogP contribution in [0.4, 0.5) is 0 Å². The van der Waals surface area contributed by atoms with Gasteiger partial charge in [-0.2, -0.15) is 0 Å². The minimum atomic E-state index is 0.785. The van der Waals surface area contributed by atoms with E-state index < -0.39 is 0 Å². The van der Waals surface area contributed by atoms with E-state index in [-0.39, 0.29) is 0 Å². The first-order valence-electron chi connectivity index (χ1n) is 5.06. The highest BCUT2D eigenvalue weighted by molar-refractivity contribution is 6.32. The van der Waals surface area contributed by atoms with Gasteiger partial charge in [-0.1, -0.05) is 23.7 Å². The molecule has 2 aliphatic carbocycles. The normalized spacial score (nSPS) is 29.4. The number of hydrogen-bond donors (Lipinski definition) is 0. The molecule has 1 aromatic carbocycles. The molecule has 0 nitrogen and oxygen atoms in total. The molecule has 1 heteroatoms. The first kappa shape index (κ1) is 7.87. The van der Waals surface area contributed by atoms with Gasteiger partial charge >= 0.3 is 0 Å². The topological polar surface area (TPSA) is 0 Å². The summed E-state index contributed by atoms with van der Waals surface area (Å²) >= 11 is 6.33. The molecule has 2 bridgehead atoms. The van der Waals surface area contributed by atoms with Gasteiger partial charge in [0.15, 0.2) is 0 Å². The van der Waals surface area contributed by atoms with Crippen LogP contribution in [-0.4, -0.2) is 0 Å². The SMILES string of the molecule is Cc1ccc2c(c1Cl)C1CCC2C1. The van der Waals surface area contributed by atoms with Crippen LogP contribution >= 0.6 is 11.6 Å². The summed E-state index contributed by atoms with van der Waals surface area (Å²) in [6, 6.07) is 4.46. The van der Waals surface area contributed by atoms with Gasteiger partial charge < -0.3 is 0 Å². The second kappa shape index (κ2) is 2.51. The van der Waals surface area contributed by atoms with Crippen LogP contribution in [0.2, 0.25) is 5.02 Å². The molecule has 2 atom stereocenters. The van der Waals surface area contributed by atoms with Gasteiger partial charge in [-0.05, 0) is 54.7 Å². The summed E-state index contributed by atoms with van der Waals surface area (Å²) in [7, 11) is 0. The number of aryl methyl sites for hydroxylation is 1. The Labute approximate surface area is 83.9 Å². The van der Waals surface area contributed by atoms with Crippen molar-refractivity contribution in [3.63, 3.8) is 0 Å². The Balaban J connectivity index is 2.26. The standard InChI is InChI=1S/C12H13Cl/c1-7-2-5-10-8-3-4-9(6-8)11(10)12(7)13/h2,5,8-9H,3-4,6H2,1H3. The third-order valence-corrected chi connectivity index (χ3v) is 4.19. The molecule has 1 saturated carbocycles. The zero-order valence-electron chi connectivity index (χ0n) is 7.81. The average molecular weight is 193 g/mol. The van der Waals surface area contributed by atoms with Crippen molar-refractivity contribution in [1.29, 1.82) is 0 Å². The fourth-order valence-electron chi connectivity index (χ4n) is 3.01. The Bertz CT molecular complexity index is 368. The van der Waals surface area contributed by atoms with E-state index in [0.717, 1.165) is 16.9 Å². The van der Waals surface area contributed by atoms with Crippen LogP contribution in [0.1, 0.15) is 47.8 Å². The maximum Gasteiger partial charge on any atom is 0.0472 e. The minimum absolute atomic E-state index is 0.785. The van der Waals surface area contributed by atoms with Crippen LogP contribution in [0.25, 0.3) is 0 Å². The van der Waals surface area contributed by atoms with E-state index in [1.54, 1.807) is 5.56 Å². The molecule has 13 heavy (non-hydrogen) atoms. The zero-order chi connectivity index (χ0) is 9.00. The molecule has 0 aliphatic heterocycles. The predicted octanol–water partition coefficient (Wildman–Crippen LogP) is 4.01. The highest BCUT2D eigenvalue weighted by Gasteiger charge is 2.38. The van der Waals surface area contributed by atoms with E-state index in [2.05, 4.69) is 19.1 Å². The number of hydrogen-bond acceptors (Lipinski definition) is 0. The van der Waals surface area contributed by atoms with E-state index in [1.165, 1.54) is 30.4 Å². The van der Waals surface area contributed by atoms with Crippen LogP contribution < -0.4 is 0 Å². The van der Waals surface area contributed by atoms with E-state index in [9.17, 15) is 0 Å². The molecule has 2 unspecified atom stereocenters. The summed E-state index contributed by atoms with van der Waals surface area (Å²) in [4.78, 5) is 0. The van der Waals surface area contributed by atoms with Crippen molar-refractivity contribution in [1.82, 2.24) is 0 Å². The van der Waals surface area contributed by atoms with Crippen LogP contribution in [0.3, 0.4) is 0 Å². The summed E-state index contributed by atoms with van der Waals surface area (Å²) in [5.41, 5.74) is 4.28. The summed E-state index contributed by atoms with van der Waals surface area (Å²) < 4.78 is 0. The van der Waals surface area contributed by atoms with Crippen LogP contribution in [0.15, 0.2) is 12.1 Å². The highest BCUT2D eigenvalue weighted by Crippen LogP contribution is 2.55. The van der Waals surface area contributed by atoms with Crippen molar-refractivity contribution < 1.29 is 0 Å². The summed E-state index contributed by atoms with van der Waals surface area (Å²) in [5.74, 6) is 1.62. The average Bonchev–Trinajstić information content (AvgIpc) is 2.70. The molecule has 0 N–H and O–H groups in total. The number of rotatable bonds is 0. The van der Waals surface area contributed by atoms with E-state index >= 15 is 0 Å². The molecule has 0 saturated heterocycles. The molecule has 1 fully saturated rings. The van der Waals surface area contributed by atoms with Crippen molar-refractivity contribution in [2.24, 2.45) is 0 Å². The van der Waals surface area contributed by atoms with E-state index in [0.29, 0.717) is 0 Å². The fourth-order valence-corrected chi connectivity index (χ4v) is 3.34. The van der Waals surface area contributed by atoms with E-state index in [4.69, 9.17) is 11.6 Å². The van der Waals surface area contributed by atoms with Gasteiger partial charge in [-0.25, -0.2) is 0 Å². The second-order valence-electron chi connectivity index (χ2n) is 4.41. The summed E-state index contributed by atoms with van der Waals surface area (Å²) in [5, 5.41) is 1.05. The predicted molar refractivity (Wildman–Crippen MR) is 55.5 cm³/mol. The maximum absolute atomic E-state index is 6.33. The van der Waals surface area contributed by atoms with Gasteiger partial charge in [0.05, 0.1) is 0 Å². The number of halogens is 1. The summed E-state index contributed by atoms with van der Waals surface area (Å²) in [6.07, 6.45) is 4.11. The molecule has 0 amide bonds. The lowest BCUT2D eigenvalue weighted by Crippen LogP contribution is -1.99. The first-order valence-corrected chi connectivity index (χ1v) is 5.44. The van der Waals surface area contributed by atoms with Gasteiger partial charge in [0.1, 0.15) is 0 Å². The molecule has 3 rings (SSSR count). The van der Waals surface area contributed by atoms with Gasteiger partial charge in [0, 0.05) is 5.02 Å². The lowest BCUT2D eigenvalue weighted by Gasteiger charge is -2.17. The van der Waals surface area contributed by atoms with E-state index in [1.807, 2.05) is 0 Å². The van der Waals surface area contributed by atoms with Crippen molar-refractivity contribution in [2.75, 3.05) is 0 Å². The van der Waals surface area contributed by atoms with Gasteiger partial charge in [-0.15, -0.1) is 0 Å². The van der Waals surface area contributed by atoms with Crippen LogP contribution in [0.5, 0.6) is 0 Å². The second-order valence-corrected chi connectivity index (χ2v) is 4.78. The van der Waals surface area contributed by atoms with Crippen molar-refractivity contribution in [3.05, 3.63) is 33.8 Å². The molecule has 0 spiro atoms. The summed E-state index contributed by atoms with van der Waals surface area (Å²) in [6.45, 7) is 2.11. The number of benzene rings is 1. The first-order chi connectivity index (χ1) is 6.27. The van der Waals surface area contributed by atoms with Crippen LogP contribution in [-0.2, 0) is 0 Å². The molecule has 1 aromatic rings. The third-order valence-electron chi connectivity index (χ3n) is 3.69. The minimum Gasteiger partial charge on any atom is -0.0837 e. The maximum atomic E-state index is 6.33. The lowest BCUT2D eigenvalue weighted by molar-refractivity contribution is 0.717. The van der Waals surface area contributed by atoms with Crippen molar-refractivity contribution in [3.8, 4) is 0 Å². The number of fused-ring (bicyclic) bond motifs is 5. The Morgan fingerprint density at radius 1 is 1.23 bits per heavy atom. The monoisotopic (exact) mass is 192 g/mol. The Kier molecular flexibility index (Phi) is 1.52. The quantitative estimate of drug-likeness (QED) is 0.583. The van der Waals surface area contributed by atoms with Crippen molar-refractivity contribution in [2.45, 2.75) is 38.0 Å². The Morgan fingerprint density at radius 2 is 2.00 bits per heavy atom. The molecular weight excluding hydrogens is 180 g/mol. The van der Waals surface area contributed by atoms with Crippen LogP contribution in [0, 0.1) is 6.92 Å². The highest BCUT2D eigenvalue weighted by atomic mass is 35.5. The molecule has 68 valence electrons. The fraction of sp³-hybridized carbons (Fsp3) is 0.500. The molecule has 2 aliphatic rings. The van der Waals surface area contributed by atoms with Gasteiger partial charge in [-0.3, -0.25) is 0 Å². The Hall–Kier alpha value is -0.490. The third kappa shape index (κ3) is 0.927. The molecule has 0 heterocycles. The lowest BCUT2D eigenvalue weighted by atomic mass is 9.90. The smallest absolute Gasteiger partial charge is 0.0472 e. The Morgan fingerprint density at radius 3 is 2.85 bits per heavy atom. The van der Waals surface area contributed by atoms with Gasteiger partial charge in [0.2, 0.25) is 0 Å². The largest absolute Gasteiger partial charge is 0.0837 e.